The van der Waals surface area contributed by atoms with Crippen LogP contribution >= 0.6 is 11.3 Å². The van der Waals surface area contributed by atoms with Crippen LogP contribution in [-0.2, 0) is 0 Å². The summed E-state index contributed by atoms with van der Waals surface area (Å²) in [7, 11) is -1.56. The molecule has 0 bridgehead atoms. The lowest BCUT2D eigenvalue weighted by Crippen LogP contribution is -2.42. The van der Waals surface area contributed by atoms with E-state index in [0.29, 0.717) is 0 Å². The fourth-order valence-electron chi connectivity index (χ4n) is 3.57. The Balaban J connectivity index is 1.87. The van der Waals surface area contributed by atoms with Crippen molar-refractivity contribution in [3.63, 3.8) is 0 Å². The highest BCUT2D eigenvalue weighted by molar-refractivity contribution is 7.31. The molecule has 1 aromatic heterocycles. The molecule has 0 saturated carbocycles. The molecule has 0 radical (unpaired) electrons. The average Bonchev–Trinajstić information content (AvgIpc) is 3.08. The van der Waals surface area contributed by atoms with Crippen molar-refractivity contribution in [3.8, 4) is 0 Å². The molecule has 108 valence electrons. The fraction of sp³-hybridized carbons (Fsp3) is 0.556. The van der Waals surface area contributed by atoms with Crippen LogP contribution in [0.1, 0.15) is 46.8 Å². The van der Waals surface area contributed by atoms with Gasteiger partial charge in [-0.25, -0.2) is 0 Å². The molecular formula is C18H26SSi. The summed E-state index contributed by atoms with van der Waals surface area (Å²) in [6.07, 6.45) is 7.82. The third kappa shape index (κ3) is 2.87. The second-order valence-corrected chi connectivity index (χ2v) is 11.9. The van der Waals surface area contributed by atoms with E-state index in [2.05, 4.69) is 37.3 Å². The molecule has 0 N–H and O–H groups in total. The van der Waals surface area contributed by atoms with Crippen molar-refractivity contribution in [2.24, 2.45) is 0 Å². The first kappa shape index (κ1) is 13.1. The normalized spacial score (nSPS) is 27.1. The highest BCUT2D eigenvalue weighted by Crippen LogP contribution is 2.37. The standard InChI is InChI=1S/C18H26SSi/c1-2-3-4-7-12-20(13-8-9-14-20)18-15-16-10-5-6-11-17(16)19-18/h5-6,10-11,15H,2-4,7-9,12-14H2,1H3/i13D/t13-,20-/m1/s1. The van der Waals surface area contributed by atoms with Crippen LogP contribution in [0.5, 0.6) is 0 Å². The van der Waals surface area contributed by atoms with E-state index in [1.165, 1.54) is 54.3 Å². The Labute approximate surface area is 129 Å². The summed E-state index contributed by atoms with van der Waals surface area (Å²) in [6, 6.07) is 14.2. The monoisotopic (exact) mass is 303 g/mol. The highest BCUT2D eigenvalue weighted by Gasteiger charge is 2.38. The largest absolute Gasteiger partial charge is 0.145 e. The maximum atomic E-state index is 8.70. The van der Waals surface area contributed by atoms with Gasteiger partial charge in [-0.3, -0.25) is 0 Å². The van der Waals surface area contributed by atoms with Crippen molar-refractivity contribution < 1.29 is 1.37 Å². The van der Waals surface area contributed by atoms with Crippen molar-refractivity contribution in [3.05, 3.63) is 30.3 Å². The van der Waals surface area contributed by atoms with E-state index in [9.17, 15) is 0 Å². The zero-order valence-electron chi connectivity index (χ0n) is 13.5. The maximum absolute atomic E-state index is 8.70. The number of benzene rings is 1. The molecule has 1 aliphatic rings. The molecule has 3 rings (SSSR count). The van der Waals surface area contributed by atoms with Crippen molar-refractivity contribution in [2.45, 2.75) is 63.6 Å². The highest BCUT2D eigenvalue weighted by atomic mass is 32.1. The Kier molecular flexibility index (Phi) is 4.22. The lowest BCUT2D eigenvalue weighted by molar-refractivity contribution is 0.696. The summed E-state index contributed by atoms with van der Waals surface area (Å²) in [5.41, 5.74) is 0. The molecule has 2 heterocycles. The third-order valence-corrected chi connectivity index (χ3v) is 11.9. The molecule has 2 heteroatoms. The topological polar surface area (TPSA) is 0 Å². The van der Waals surface area contributed by atoms with E-state index >= 15 is 0 Å². The average molecular weight is 304 g/mol. The number of hydrogen-bond donors (Lipinski definition) is 0. The van der Waals surface area contributed by atoms with Gasteiger partial charge in [0.25, 0.3) is 0 Å². The van der Waals surface area contributed by atoms with Gasteiger partial charge in [-0.05, 0) is 22.0 Å². The molecular weight excluding hydrogens is 276 g/mol. The Morgan fingerprint density at radius 1 is 1.20 bits per heavy atom. The summed E-state index contributed by atoms with van der Waals surface area (Å²) in [5, 5.41) is 1.40. The summed E-state index contributed by atoms with van der Waals surface area (Å²) >= 11 is 2.00. The lowest BCUT2D eigenvalue weighted by Gasteiger charge is -2.25. The Morgan fingerprint density at radius 3 is 2.85 bits per heavy atom. The predicted molar refractivity (Wildman–Crippen MR) is 95.0 cm³/mol. The number of hydrogen-bond acceptors (Lipinski definition) is 1. The second kappa shape index (κ2) is 6.44. The summed E-state index contributed by atoms with van der Waals surface area (Å²) in [4.78, 5) is 0. The van der Waals surface area contributed by atoms with Crippen molar-refractivity contribution in [1.82, 2.24) is 0 Å². The van der Waals surface area contributed by atoms with Crippen molar-refractivity contribution in [1.29, 1.82) is 0 Å². The third-order valence-electron chi connectivity index (χ3n) is 4.75. The number of rotatable bonds is 6. The van der Waals surface area contributed by atoms with Crippen molar-refractivity contribution in [2.75, 3.05) is 0 Å². The van der Waals surface area contributed by atoms with Gasteiger partial charge >= 0.3 is 0 Å². The summed E-state index contributed by atoms with van der Waals surface area (Å²) in [6.45, 7) is 2.28. The molecule has 1 aromatic carbocycles. The Bertz CT molecular complexity index is 561. The van der Waals surface area contributed by atoms with Gasteiger partial charge in [0.2, 0.25) is 0 Å². The van der Waals surface area contributed by atoms with Gasteiger partial charge in [0.15, 0.2) is 0 Å². The molecule has 20 heavy (non-hydrogen) atoms. The molecule has 1 saturated heterocycles. The smallest absolute Gasteiger partial charge is 0.0995 e. The van der Waals surface area contributed by atoms with Gasteiger partial charge in [0.1, 0.15) is 0 Å². The van der Waals surface area contributed by atoms with E-state index in [0.717, 1.165) is 6.42 Å². The van der Waals surface area contributed by atoms with E-state index in [1.54, 1.807) is 4.50 Å². The minimum atomic E-state index is -1.56. The molecule has 2 atom stereocenters. The molecule has 0 unspecified atom stereocenters. The van der Waals surface area contributed by atoms with E-state index in [-0.39, 0.29) is 6.02 Å². The molecule has 0 aliphatic carbocycles. The molecule has 0 nitrogen and oxygen atoms in total. The van der Waals surface area contributed by atoms with Crippen LogP contribution in [0.25, 0.3) is 10.1 Å². The fourth-order valence-corrected chi connectivity index (χ4v) is 10.7. The van der Waals surface area contributed by atoms with Crippen LogP contribution in [0.2, 0.25) is 18.1 Å². The molecule has 0 spiro atoms. The first-order valence-corrected chi connectivity index (χ1v) is 11.5. The minimum Gasteiger partial charge on any atom is -0.145 e. The SMILES string of the molecule is [2H][C@@H]1CCC[Si@]1(CCCCCC)c1cc2ccccc2s1. The molecule has 0 amide bonds. The first-order chi connectivity index (χ1) is 10.3. The van der Waals surface area contributed by atoms with Crippen LogP contribution in [0.3, 0.4) is 0 Å². The number of fused-ring (bicyclic) bond motifs is 1. The summed E-state index contributed by atoms with van der Waals surface area (Å²) < 4.78 is 11.7. The number of unbranched alkanes of at least 4 members (excludes halogenated alkanes) is 3. The Hall–Kier alpha value is -0.603. The van der Waals surface area contributed by atoms with E-state index in [1.807, 2.05) is 11.3 Å². The molecule has 2 aromatic rings. The van der Waals surface area contributed by atoms with Crippen LogP contribution in [0, 0.1) is 0 Å². The zero-order valence-corrected chi connectivity index (χ0v) is 14.3. The van der Waals surface area contributed by atoms with Gasteiger partial charge in [-0.2, -0.15) is 0 Å². The Morgan fingerprint density at radius 2 is 2.10 bits per heavy atom. The van der Waals surface area contributed by atoms with Crippen LogP contribution in [0.4, 0.5) is 0 Å². The van der Waals surface area contributed by atoms with Crippen LogP contribution in [-0.4, -0.2) is 8.07 Å². The van der Waals surface area contributed by atoms with Gasteiger partial charge in [0, 0.05) is 6.07 Å². The van der Waals surface area contributed by atoms with Crippen molar-refractivity contribution >= 4 is 34.0 Å². The summed E-state index contributed by atoms with van der Waals surface area (Å²) in [5.74, 6) is 0. The van der Waals surface area contributed by atoms with E-state index in [4.69, 9.17) is 1.37 Å². The van der Waals surface area contributed by atoms with E-state index < -0.39 is 8.07 Å². The quantitative estimate of drug-likeness (QED) is 0.458. The zero-order chi connectivity index (χ0) is 14.7. The van der Waals surface area contributed by atoms with Gasteiger partial charge in [-0.15, -0.1) is 11.3 Å². The first-order valence-electron chi connectivity index (χ1n) is 8.75. The van der Waals surface area contributed by atoms with Gasteiger partial charge < -0.3 is 0 Å². The van der Waals surface area contributed by atoms with Crippen LogP contribution in [0.15, 0.2) is 30.3 Å². The van der Waals surface area contributed by atoms with Crippen LogP contribution < -0.4 is 4.50 Å². The second-order valence-electron chi connectivity index (χ2n) is 6.21. The molecule has 1 aliphatic heterocycles. The maximum Gasteiger partial charge on any atom is 0.0995 e. The predicted octanol–water partition coefficient (Wildman–Crippen LogP) is 5.93. The number of thiophene rings is 1. The van der Waals surface area contributed by atoms with Gasteiger partial charge in [0.05, 0.1) is 8.07 Å². The minimum absolute atomic E-state index is 0.243. The molecule has 1 fully saturated rings. The lowest BCUT2D eigenvalue weighted by atomic mass is 10.2. The van der Waals surface area contributed by atoms with Gasteiger partial charge in [-0.1, -0.05) is 81.8 Å².